The van der Waals surface area contributed by atoms with Crippen molar-refractivity contribution >= 4 is 28.2 Å². The summed E-state index contributed by atoms with van der Waals surface area (Å²) in [5, 5.41) is 1.28. The van der Waals surface area contributed by atoms with Gasteiger partial charge in [-0.05, 0) is 42.5 Å². The molecule has 0 saturated heterocycles. The Hall–Kier alpha value is -2.33. The van der Waals surface area contributed by atoms with Crippen LogP contribution in [0.15, 0.2) is 48.7 Å². The summed E-state index contributed by atoms with van der Waals surface area (Å²) in [5.74, 6) is 0.287. The second-order valence-electron chi connectivity index (χ2n) is 4.58. The molecule has 0 aliphatic heterocycles. The van der Waals surface area contributed by atoms with Gasteiger partial charge >= 0.3 is 0 Å². The van der Waals surface area contributed by atoms with E-state index in [1.54, 1.807) is 18.3 Å². The van der Waals surface area contributed by atoms with Crippen LogP contribution in [0.3, 0.4) is 0 Å². The van der Waals surface area contributed by atoms with E-state index < -0.39 is 0 Å². The highest BCUT2D eigenvalue weighted by molar-refractivity contribution is 6.31. The molecule has 0 radical (unpaired) electrons. The molecule has 0 saturated carbocycles. The molecule has 106 valence electrons. The average molecular weight is 303 g/mol. The number of benzene rings is 2. The van der Waals surface area contributed by atoms with E-state index in [9.17, 15) is 4.39 Å². The van der Waals surface area contributed by atoms with Gasteiger partial charge in [0.05, 0.1) is 11.2 Å². The van der Waals surface area contributed by atoms with Crippen molar-refractivity contribution in [2.45, 2.75) is 6.61 Å². The van der Waals surface area contributed by atoms with Crippen LogP contribution in [0, 0.1) is 5.82 Å². The fourth-order valence-electron chi connectivity index (χ4n) is 2.10. The fourth-order valence-corrected chi connectivity index (χ4v) is 2.28. The number of nitrogens with two attached hydrogens (primary N) is 1. The lowest BCUT2D eigenvalue weighted by atomic mass is 10.1. The second-order valence-corrected chi connectivity index (χ2v) is 4.98. The molecule has 3 aromatic rings. The number of pyridine rings is 1. The third-order valence-corrected chi connectivity index (χ3v) is 3.52. The van der Waals surface area contributed by atoms with Crippen molar-refractivity contribution in [3.05, 3.63) is 65.1 Å². The first-order chi connectivity index (χ1) is 10.1. The van der Waals surface area contributed by atoms with Crippen molar-refractivity contribution < 1.29 is 9.13 Å². The zero-order chi connectivity index (χ0) is 14.8. The van der Waals surface area contributed by atoms with E-state index in [4.69, 9.17) is 22.1 Å². The van der Waals surface area contributed by atoms with Crippen LogP contribution in [0.4, 0.5) is 10.1 Å². The van der Waals surface area contributed by atoms with Crippen LogP contribution in [0.2, 0.25) is 5.02 Å². The van der Waals surface area contributed by atoms with Gasteiger partial charge in [0, 0.05) is 22.2 Å². The lowest BCUT2D eigenvalue weighted by Crippen LogP contribution is -1.99. The summed E-state index contributed by atoms with van der Waals surface area (Å²) in [5.41, 5.74) is 7.74. The van der Waals surface area contributed by atoms with Crippen molar-refractivity contribution in [1.82, 2.24) is 4.98 Å². The van der Waals surface area contributed by atoms with Gasteiger partial charge in [-0.2, -0.15) is 0 Å². The van der Waals surface area contributed by atoms with E-state index >= 15 is 0 Å². The Morgan fingerprint density at radius 3 is 2.90 bits per heavy atom. The Kier molecular flexibility index (Phi) is 3.62. The minimum absolute atomic E-state index is 0.171. The standard InChI is InChI=1S/C16H12ClFN2O/c17-13-4-3-11(18)8-10(13)9-21-15-6-5-14(19)16-12(15)2-1-7-20-16/h1-8H,9,19H2. The van der Waals surface area contributed by atoms with Gasteiger partial charge in [-0.1, -0.05) is 11.6 Å². The number of halogens is 2. The first-order valence-corrected chi connectivity index (χ1v) is 6.73. The predicted molar refractivity (Wildman–Crippen MR) is 81.9 cm³/mol. The van der Waals surface area contributed by atoms with Crippen LogP contribution in [0.5, 0.6) is 5.75 Å². The Balaban J connectivity index is 1.92. The summed E-state index contributed by atoms with van der Waals surface area (Å²) in [7, 11) is 0. The minimum atomic E-state index is -0.346. The lowest BCUT2D eigenvalue weighted by Gasteiger charge is -2.11. The highest BCUT2D eigenvalue weighted by atomic mass is 35.5. The van der Waals surface area contributed by atoms with E-state index in [1.165, 1.54) is 18.2 Å². The zero-order valence-corrected chi connectivity index (χ0v) is 11.8. The highest BCUT2D eigenvalue weighted by Gasteiger charge is 2.08. The molecule has 0 unspecified atom stereocenters. The minimum Gasteiger partial charge on any atom is -0.488 e. The summed E-state index contributed by atoms with van der Waals surface area (Å²) in [6.45, 7) is 0.171. The number of nitrogen functional groups attached to an aromatic ring is 1. The zero-order valence-electron chi connectivity index (χ0n) is 11.0. The number of rotatable bonds is 3. The number of anilines is 1. The number of hydrogen-bond donors (Lipinski definition) is 1. The smallest absolute Gasteiger partial charge is 0.129 e. The Morgan fingerprint density at radius 2 is 2.05 bits per heavy atom. The lowest BCUT2D eigenvalue weighted by molar-refractivity contribution is 0.309. The van der Waals surface area contributed by atoms with Gasteiger partial charge < -0.3 is 10.5 Å². The van der Waals surface area contributed by atoms with Crippen LogP contribution >= 0.6 is 11.6 Å². The van der Waals surface area contributed by atoms with Crippen molar-refractivity contribution in [2.75, 3.05) is 5.73 Å². The monoisotopic (exact) mass is 302 g/mol. The van der Waals surface area contributed by atoms with Crippen LogP contribution in [0.25, 0.3) is 10.9 Å². The average Bonchev–Trinajstić information content (AvgIpc) is 2.50. The molecule has 0 bridgehead atoms. The topological polar surface area (TPSA) is 48.1 Å². The quantitative estimate of drug-likeness (QED) is 0.738. The Morgan fingerprint density at radius 1 is 1.19 bits per heavy atom. The summed E-state index contributed by atoms with van der Waals surface area (Å²) >= 11 is 6.03. The molecule has 0 aliphatic rings. The van der Waals surface area contributed by atoms with Crippen molar-refractivity contribution in [2.24, 2.45) is 0 Å². The normalized spacial score (nSPS) is 10.8. The number of ether oxygens (including phenoxy) is 1. The molecule has 0 fully saturated rings. The molecule has 5 heteroatoms. The first kappa shape index (κ1) is 13.6. The third kappa shape index (κ3) is 2.76. The number of hydrogen-bond acceptors (Lipinski definition) is 3. The maximum atomic E-state index is 13.2. The van der Waals surface area contributed by atoms with Crippen LogP contribution in [-0.2, 0) is 6.61 Å². The molecule has 1 aromatic heterocycles. The SMILES string of the molecule is Nc1ccc(OCc2cc(F)ccc2Cl)c2cccnc12. The molecular weight excluding hydrogens is 291 g/mol. The Bertz CT molecular complexity index is 807. The van der Waals surface area contributed by atoms with Crippen molar-refractivity contribution in [3.8, 4) is 5.75 Å². The summed E-state index contributed by atoms with van der Waals surface area (Å²) in [6.07, 6.45) is 1.67. The van der Waals surface area contributed by atoms with Gasteiger partial charge in [-0.3, -0.25) is 4.98 Å². The number of nitrogens with zero attached hydrogens (tertiary/aromatic N) is 1. The van der Waals surface area contributed by atoms with Gasteiger partial charge in [0.15, 0.2) is 0 Å². The Labute approximate surface area is 126 Å². The van der Waals surface area contributed by atoms with E-state index in [2.05, 4.69) is 4.98 Å². The summed E-state index contributed by atoms with van der Waals surface area (Å²) in [6, 6.07) is 11.4. The second kappa shape index (κ2) is 5.58. The molecule has 3 nitrogen and oxygen atoms in total. The molecule has 3 rings (SSSR count). The van der Waals surface area contributed by atoms with E-state index in [0.29, 0.717) is 27.5 Å². The summed E-state index contributed by atoms with van der Waals surface area (Å²) < 4.78 is 19.0. The molecule has 0 aliphatic carbocycles. The molecule has 0 atom stereocenters. The third-order valence-electron chi connectivity index (χ3n) is 3.15. The van der Waals surface area contributed by atoms with Gasteiger partial charge in [0.1, 0.15) is 18.2 Å². The molecule has 2 aromatic carbocycles. The number of fused-ring (bicyclic) bond motifs is 1. The first-order valence-electron chi connectivity index (χ1n) is 6.35. The van der Waals surface area contributed by atoms with Crippen molar-refractivity contribution in [1.29, 1.82) is 0 Å². The maximum Gasteiger partial charge on any atom is 0.129 e. The van der Waals surface area contributed by atoms with E-state index in [1.807, 2.05) is 12.1 Å². The molecule has 0 spiro atoms. The van der Waals surface area contributed by atoms with E-state index in [-0.39, 0.29) is 12.4 Å². The fraction of sp³-hybridized carbons (Fsp3) is 0.0625. The molecule has 1 heterocycles. The van der Waals surface area contributed by atoms with Gasteiger partial charge in [-0.25, -0.2) is 4.39 Å². The largest absolute Gasteiger partial charge is 0.488 e. The highest BCUT2D eigenvalue weighted by Crippen LogP contribution is 2.29. The van der Waals surface area contributed by atoms with Crippen molar-refractivity contribution in [3.63, 3.8) is 0 Å². The molecule has 2 N–H and O–H groups in total. The van der Waals surface area contributed by atoms with Gasteiger partial charge in [0.2, 0.25) is 0 Å². The van der Waals surface area contributed by atoms with Crippen LogP contribution < -0.4 is 10.5 Å². The van der Waals surface area contributed by atoms with Crippen LogP contribution in [-0.4, -0.2) is 4.98 Å². The predicted octanol–water partition coefficient (Wildman–Crippen LogP) is 4.19. The summed E-state index contributed by atoms with van der Waals surface area (Å²) in [4.78, 5) is 4.24. The molecule has 21 heavy (non-hydrogen) atoms. The maximum absolute atomic E-state index is 13.2. The molecule has 0 amide bonds. The van der Waals surface area contributed by atoms with Gasteiger partial charge in [0.25, 0.3) is 0 Å². The number of aromatic nitrogens is 1. The van der Waals surface area contributed by atoms with E-state index in [0.717, 1.165) is 5.39 Å². The van der Waals surface area contributed by atoms with Crippen LogP contribution in [0.1, 0.15) is 5.56 Å². The van der Waals surface area contributed by atoms with Gasteiger partial charge in [-0.15, -0.1) is 0 Å². The molecular formula is C16H12ClFN2O.